The molecule has 1 saturated heterocycles. The van der Waals surface area contributed by atoms with Crippen LogP contribution in [-0.4, -0.2) is 37.0 Å². The molecule has 0 saturated carbocycles. The Labute approximate surface area is 77.8 Å². The molecule has 76 valence electrons. The minimum absolute atomic E-state index is 0.190. The molecule has 0 aromatic heterocycles. The first-order valence-electron chi connectivity index (χ1n) is 4.62. The number of ether oxygens (including phenoxy) is 2. The van der Waals surface area contributed by atoms with E-state index in [1.165, 1.54) is 0 Å². The van der Waals surface area contributed by atoms with Crippen LogP contribution in [0.5, 0.6) is 0 Å². The predicted octanol–water partition coefficient (Wildman–Crippen LogP) is 0.903. The van der Waals surface area contributed by atoms with Gasteiger partial charge < -0.3 is 14.6 Å². The molecule has 1 aliphatic heterocycles. The Morgan fingerprint density at radius 3 is 2.77 bits per heavy atom. The van der Waals surface area contributed by atoms with Crippen molar-refractivity contribution in [3.63, 3.8) is 0 Å². The number of hydrogen-bond donors (Lipinski definition) is 1. The summed E-state index contributed by atoms with van der Waals surface area (Å²) in [6, 6.07) is 0. The highest BCUT2D eigenvalue weighted by Gasteiger charge is 2.17. The molecule has 4 nitrogen and oxygen atoms in total. The van der Waals surface area contributed by atoms with Crippen molar-refractivity contribution >= 4 is 5.97 Å². The molecule has 0 spiro atoms. The number of carbonyl (C=O) groups is 1. The van der Waals surface area contributed by atoms with Gasteiger partial charge in [0.2, 0.25) is 0 Å². The SMILES string of the molecule is CC(COC1CCOCC1)C(=O)O. The second-order valence-corrected chi connectivity index (χ2v) is 3.38. The molecule has 0 amide bonds. The summed E-state index contributed by atoms with van der Waals surface area (Å²) in [5, 5.41) is 8.61. The highest BCUT2D eigenvalue weighted by Crippen LogP contribution is 2.11. The van der Waals surface area contributed by atoms with Crippen molar-refractivity contribution in [2.45, 2.75) is 25.9 Å². The molecule has 0 aliphatic carbocycles. The van der Waals surface area contributed by atoms with Crippen LogP contribution >= 0.6 is 0 Å². The molecule has 0 aromatic rings. The zero-order valence-corrected chi connectivity index (χ0v) is 7.86. The van der Waals surface area contributed by atoms with Crippen LogP contribution in [0.1, 0.15) is 19.8 Å². The van der Waals surface area contributed by atoms with Crippen molar-refractivity contribution in [3.05, 3.63) is 0 Å². The number of rotatable bonds is 4. The molecule has 0 radical (unpaired) electrons. The van der Waals surface area contributed by atoms with Crippen LogP contribution in [0.2, 0.25) is 0 Å². The average Bonchev–Trinajstić information content (AvgIpc) is 2.15. The van der Waals surface area contributed by atoms with Gasteiger partial charge in [-0.25, -0.2) is 0 Å². The topological polar surface area (TPSA) is 55.8 Å². The monoisotopic (exact) mass is 188 g/mol. The number of hydrogen-bond acceptors (Lipinski definition) is 3. The van der Waals surface area contributed by atoms with Gasteiger partial charge in [0.25, 0.3) is 0 Å². The van der Waals surface area contributed by atoms with Crippen LogP contribution in [0.15, 0.2) is 0 Å². The van der Waals surface area contributed by atoms with E-state index in [1.807, 2.05) is 0 Å². The third-order valence-corrected chi connectivity index (χ3v) is 2.17. The van der Waals surface area contributed by atoms with Crippen LogP contribution in [0.4, 0.5) is 0 Å². The van der Waals surface area contributed by atoms with Gasteiger partial charge >= 0.3 is 5.97 Å². The summed E-state index contributed by atoms with van der Waals surface area (Å²) in [5.41, 5.74) is 0. The first-order chi connectivity index (χ1) is 6.20. The number of carboxylic acids is 1. The van der Waals surface area contributed by atoms with E-state index < -0.39 is 11.9 Å². The van der Waals surface area contributed by atoms with Gasteiger partial charge in [-0.3, -0.25) is 4.79 Å². The van der Waals surface area contributed by atoms with Gasteiger partial charge in [-0.2, -0.15) is 0 Å². The van der Waals surface area contributed by atoms with E-state index in [9.17, 15) is 4.79 Å². The Balaban J connectivity index is 2.13. The van der Waals surface area contributed by atoms with Crippen molar-refractivity contribution in [2.24, 2.45) is 5.92 Å². The number of carboxylic acid groups (broad SMARTS) is 1. The molecule has 1 aliphatic rings. The van der Waals surface area contributed by atoms with E-state index in [0.717, 1.165) is 26.1 Å². The second kappa shape index (κ2) is 5.19. The summed E-state index contributed by atoms with van der Waals surface area (Å²) >= 11 is 0. The molecule has 1 heterocycles. The van der Waals surface area contributed by atoms with Gasteiger partial charge in [-0.05, 0) is 19.8 Å². The molecule has 1 fully saturated rings. The van der Waals surface area contributed by atoms with Crippen molar-refractivity contribution in [1.82, 2.24) is 0 Å². The Bertz CT molecular complexity index is 163. The van der Waals surface area contributed by atoms with E-state index >= 15 is 0 Å². The van der Waals surface area contributed by atoms with Crippen molar-refractivity contribution < 1.29 is 19.4 Å². The summed E-state index contributed by atoms with van der Waals surface area (Å²) in [6.45, 7) is 3.42. The van der Waals surface area contributed by atoms with Crippen LogP contribution in [0.3, 0.4) is 0 Å². The van der Waals surface area contributed by atoms with Gasteiger partial charge in [0.05, 0.1) is 18.6 Å². The smallest absolute Gasteiger partial charge is 0.308 e. The maximum atomic E-state index is 10.5. The number of aliphatic carboxylic acids is 1. The minimum Gasteiger partial charge on any atom is -0.481 e. The van der Waals surface area contributed by atoms with E-state index in [1.54, 1.807) is 6.92 Å². The van der Waals surface area contributed by atoms with Crippen LogP contribution in [0, 0.1) is 5.92 Å². The molecule has 1 unspecified atom stereocenters. The molecule has 4 heteroatoms. The van der Waals surface area contributed by atoms with Crippen molar-refractivity contribution in [3.8, 4) is 0 Å². The largest absolute Gasteiger partial charge is 0.481 e. The fraction of sp³-hybridized carbons (Fsp3) is 0.889. The molecule has 1 N–H and O–H groups in total. The van der Waals surface area contributed by atoms with Crippen LogP contribution in [-0.2, 0) is 14.3 Å². The first kappa shape index (κ1) is 10.5. The maximum Gasteiger partial charge on any atom is 0.308 e. The van der Waals surface area contributed by atoms with Crippen LogP contribution < -0.4 is 0 Å². The van der Waals surface area contributed by atoms with E-state index in [4.69, 9.17) is 14.6 Å². The molecule has 13 heavy (non-hydrogen) atoms. The Morgan fingerprint density at radius 1 is 1.62 bits per heavy atom. The standard InChI is InChI=1S/C9H16O4/c1-7(9(10)11)6-13-8-2-4-12-5-3-8/h7-8H,2-6H2,1H3,(H,10,11). The normalized spacial score (nSPS) is 21.3. The van der Waals surface area contributed by atoms with Gasteiger partial charge in [-0.15, -0.1) is 0 Å². The van der Waals surface area contributed by atoms with E-state index in [-0.39, 0.29) is 6.10 Å². The summed E-state index contributed by atoms with van der Waals surface area (Å²) in [6.07, 6.45) is 1.95. The summed E-state index contributed by atoms with van der Waals surface area (Å²) < 4.78 is 10.6. The second-order valence-electron chi connectivity index (χ2n) is 3.38. The minimum atomic E-state index is -0.799. The Hall–Kier alpha value is -0.610. The summed E-state index contributed by atoms with van der Waals surface area (Å²) in [4.78, 5) is 10.5. The predicted molar refractivity (Wildman–Crippen MR) is 46.6 cm³/mol. The summed E-state index contributed by atoms with van der Waals surface area (Å²) in [7, 11) is 0. The maximum absolute atomic E-state index is 10.5. The molecule has 1 rings (SSSR count). The van der Waals surface area contributed by atoms with Crippen LogP contribution in [0.25, 0.3) is 0 Å². The quantitative estimate of drug-likeness (QED) is 0.712. The fourth-order valence-electron chi connectivity index (χ4n) is 1.19. The summed E-state index contributed by atoms with van der Waals surface area (Å²) in [5.74, 6) is -1.21. The van der Waals surface area contributed by atoms with Crippen molar-refractivity contribution in [1.29, 1.82) is 0 Å². The average molecular weight is 188 g/mol. The van der Waals surface area contributed by atoms with Crippen molar-refractivity contribution in [2.75, 3.05) is 19.8 Å². The molecular formula is C9H16O4. The highest BCUT2D eigenvalue weighted by atomic mass is 16.5. The third-order valence-electron chi connectivity index (χ3n) is 2.17. The first-order valence-corrected chi connectivity index (χ1v) is 4.62. The molecule has 0 aromatic carbocycles. The zero-order valence-electron chi connectivity index (χ0n) is 7.86. The van der Waals surface area contributed by atoms with Gasteiger partial charge in [-0.1, -0.05) is 0 Å². The van der Waals surface area contributed by atoms with Gasteiger partial charge in [0, 0.05) is 13.2 Å². The molecule has 1 atom stereocenters. The lowest BCUT2D eigenvalue weighted by molar-refractivity contribution is -0.144. The third kappa shape index (κ3) is 3.74. The highest BCUT2D eigenvalue weighted by molar-refractivity contribution is 5.69. The molecule has 0 bridgehead atoms. The fourth-order valence-corrected chi connectivity index (χ4v) is 1.19. The lowest BCUT2D eigenvalue weighted by Crippen LogP contribution is -2.27. The van der Waals surface area contributed by atoms with Gasteiger partial charge in [0.1, 0.15) is 0 Å². The van der Waals surface area contributed by atoms with E-state index in [0.29, 0.717) is 6.61 Å². The lowest BCUT2D eigenvalue weighted by atomic mass is 10.1. The Kier molecular flexibility index (Phi) is 4.18. The lowest BCUT2D eigenvalue weighted by Gasteiger charge is -2.23. The molecular weight excluding hydrogens is 172 g/mol. The van der Waals surface area contributed by atoms with Gasteiger partial charge in [0.15, 0.2) is 0 Å². The zero-order chi connectivity index (χ0) is 9.68. The van der Waals surface area contributed by atoms with E-state index in [2.05, 4.69) is 0 Å². The Morgan fingerprint density at radius 2 is 2.23 bits per heavy atom.